The van der Waals surface area contributed by atoms with Gasteiger partial charge in [0.1, 0.15) is 5.75 Å². The lowest BCUT2D eigenvalue weighted by molar-refractivity contribution is 0.0800. The van der Waals surface area contributed by atoms with Crippen LogP contribution in [0.4, 0.5) is 0 Å². The zero-order valence-electron chi connectivity index (χ0n) is 10.6. The minimum absolute atomic E-state index is 0.772. The van der Waals surface area contributed by atoms with Gasteiger partial charge in [-0.15, -0.1) is 0 Å². The smallest absolute Gasteiger partial charge is 0.119 e. The molecule has 1 aromatic carbocycles. The van der Waals surface area contributed by atoms with Crippen LogP contribution >= 0.6 is 0 Å². The van der Waals surface area contributed by atoms with Crippen molar-refractivity contribution in [2.24, 2.45) is 0 Å². The largest absolute Gasteiger partial charge is 0.497 e. The van der Waals surface area contributed by atoms with Gasteiger partial charge in [0.25, 0.3) is 0 Å². The van der Waals surface area contributed by atoms with Crippen molar-refractivity contribution in [1.29, 1.82) is 0 Å². The molecule has 1 N–H and O–H groups in total. The van der Waals surface area contributed by atoms with Gasteiger partial charge < -0.3 is 9.84 Å². The standard InChI is InChI=1S/C14H17NO2/c1-9-7-12(14(2,3)16)11-8-10(17-4)5-6-13(11)15-9/h5-8,16H,1-4H3. The van der Waals surface area contributed by atoms with Crippen LogP contribution in [-0.4, -0.2) is 17.2 Å². The fraction of sp³-hybridized carbons (Fsp3) is 0.357. The summed E-state index contributed by atoms with van der Waals surface area (Å²) in [6.45, 7) is 5.49. The molecule has 0 saturated heterocycles. The summed E-state index contributed by atoms with van der Waals surface area (Å²) in [4.78, 5) is 4.46. The molecule has 0 unspecified atom stereocenters. The van der Waals surface area contributed by atoms with Crippen LogP contribution in [0.2, 0.25) is 0 Å². The second kappa shape index (κ2) is 4.00. The number of nitrogens with zero attached hydrogens (tertiary/aromatic N) is 1. The van der Waals surface area contributed by atoms with Crippen molar-refractivity contribution in [2.75, 3.05) is 7.11 Å². The molecule has 0 spiro atoms. The van der Waals surface area contributed by atoms with E-state index in [2.05, 4.69) is 4.98 Å². The molecule has 0 saturated carbocycles. The lowest BCUT2D eigenvalue weighted by Crippen LogP contribution is -2.16. The highest BCUT2D eigenvalue weighted by molar-refractivity contribution is 5.84. The Morgan fingerprint density at radius 1 is 1.24 bits per heavy atom. The van der Waals surface area contributed by atoms with Crippen molar-refractivity contribution in [2.45, 2.75) is 26.4 Å². The van der Waals surface area contributed by atoms with Gasteiger partial charge in [0.2, 0.25) is 0 Å². The third kappa shape index (κ3) is 2.24. The predicted octanol–water partition coefficient (Wildman–Crippen LogP) is 2.78. The Kier molecular flexibility index (Phi) is 2.79. The first-order chi connectivity index (χ1) is 7.91. The Bertz CT molecular complexity index is 556. The molecule has 2 aromatic rings. The van der Waals surface area contributed by atoms with Crippen molar-refractivity contribution in [3.8, 4) is 5.75 Å². The minimum Gasteiger partial charge on any atom is -0.497 e. The average molecular weight is 231 g/mol. The normalized spacial score (nSPS) is 11.8. The quantitative estimate of drug-likeness (QED) is 0.864. The number of aryl methyl sites for hydroxylation is 1. The van der Waals surface area contributed by atoms with E-state index in [1.807, 2.05) is 31.2 Å². The lowest BCUT2D eigenvalue weighted by Gasteiger charge is -2.20. The molecular formula is C14H17NO2. The molecule has 0 radical (unpaired) electrons. The summed E-state index contributed by atoms with van der Waals surface area (Å²) in [5.41, 5.74) is 1.76. The van der Waals surface area contributed by atoms with Gasteiger partial charge in [0, 0.05) is 11.1 Å². The predicted molar refractivity (Wildman–Crippen MR) is 68.3 cm³/mol. The highest BCUT2D eigenvalue weighted by Crippen LogP contribution is 2.30. The Hall–Kier alpha value is -1.61. The number of ether oxygens (including phenoxy) is 1. The van der Waals surface area contributed by atoms with Crippen LogP contribution in [0, 0.1) is 6.92 Å². The molecule has 0 aliphatic carbocycles. The molecule has 0 amide bonds. The maximum absolute atomic E-state index is 10.2. The molecule has 2 rings (SSSR count). The van der Waals surface area contributed by atoms with Gasteiger partial charge in [-0.1, -0.05) is 0 Å². The fourth-order valence-corrected chi connectivity index (χ4v) is 1.97. The van der Waals surface area contributed by atoms with E-state index in [9.17, 15) is 5.11 Å². The highest BCUT2D eigenvalue weighted by Gasteiger charge is 2.20. The molecule has 0 fully saturated rings. The summed E-state index contributed by atoms with van der Waals surface area (Å²) >= 11 is 0. The van der Waals surface area contributed by atoms with E-state index in [-0.39, 0.29) is 0 Å². The Morgan fingerprint density at radius 2 is 1.94 bits per heavy atom. The van der Waals surface area contributed by atoms with E-state index in [1.54, 1.807) is 21.0 Å². The van der Waals surface area contributed by atoms with E-state index in [4.69, 9.17) is 4.74 Å². The maximum atomic E-state index is 10.2. The molecule has 0 bridgehead atoms. The lowest BCUT2D eigenvalue weighted by atomic mass is 9.94. The molecule has 1 heterocycles. The summed E-state index contributed by atoms with van der Waals surface area (Å²) in [7, 11) is 1.63. The number of hydrogen-bond acceptors (Lipinski definition) is 3. The number of rotatable bonds is 2. The van der Waals surface area contributed by atoms with Crippen molar-refractivity contribution >= 4 is 10.9 Å². The van der Waals surface area contributed by atoms with Gasteiger partial charge in [0.05, 0.1) is 18.2 Å². The Morgan fingerprint density at radius 3 is 2.53 bits per heavy atom. The first-order valence-corrected chi connectivity index (χ1v) is 5.60. The molecule has 90 valence electrons. The van der Waals surface area contributed by atoms with E-state index in [0.29, 0.717) is 0 Å². The topological polar surface area (TPSA) is 42.4 Å². The van der Waals surface area contributed by atoms with Crippen LogP contribution in [0.5, 0.6) is 5.75 Å². The van der Waals surface area contributed by atoms with Crippen molar-refractivity contribution in [1.82, 2.24) is 4.98 Å². The van der Waals surface area contributed by atoms with E-state index >= 15 is 0 Å². The van der Waals surface area contributed by atoms with Crippen LogP contribution in [0.3, 0.4) is 0 Å². The van der Waals surface area contributed by atoms with Gasteiger partial charge in [-0.3, -0.25) is 4.98 Å². The zero-order chi connectivity index (χ0) is 12.6. The van der Waals surface area contributed by atoms with Crippen LogP contribution in [-0.2, 0) is 5.60 Å². The average Bonchev–Trinajstić information content (AvgIpc) is 2.26. The third-order valence-corrected chi connectivity index (χ3v) is 2.80. The fourth-order valence-electron chi connectivity index (χ4n) is 1.97. The molecular weight excluding hydrogens is 214 g/mol. The van der Waals surface area contributed by atoms with Gasteiger partial charge in [0.15, 0.2) is 0 Å². The van der Waals surface area contributed by atoms with Gasteiger partial charge in [-0.25, -0.2) is 0 Å². The summed E-state index contributed by atoms with van der Waals surface area (Å²) < 4.78 is 5.21. The van der Waals surface area contributed by atoms with Crippen LogP contribution in [0.1, 0.15) is 25.1 Å². The maximum Gasteiger partial charge on any atom is 0.119 e. The van der Waals surface area contributed by atoms with Crippen molar-refractivity contribution in [3.05, 3.63) is 35.5 Å². The molecule has 1 aromatic heterocycles. The SMILES string of the molecule is COc1ccc2nc(C)cc(C(C)(C)O)c2c1. The van der Waals surface area contributed by atoms with E-state index < -0.39 is 5.60 Å². The third-order valence-electron chi connectivity index (χ3n) is 2.80. The van der Waals surface area contributed by atoms with Gasteiger partial charge in [-0.05, 0) is 50.6 Å². The summed E-state index contributed by atoms with van der Waals surface area (Å²) in [6, 6.07) is 7.62. The van der Waals surface area contributed by atoms with Crippen LogP contribution < -0.4 is 4.74 Å². The highest BCUT2D eigenvalue weighted by atomic mass is 16.5. The first kappa shape index (κ1) is 11.9. The molecule has 0 atom stereocenters. The monoisotopic (exact) mass is 231 g/mol. The summed E-state index contributed by atoms with van der Waals surface area (Å²) in [5, 5.41) is 11.1. The number of hydrogen-bond donors (Lipinski definition) is 1. The molecule has 3 nitrogen and oxygen atoms in total. The number of aromatic nitrogens is 1. The molecule has 0 aliphatic heterocycles. The Balaban J connectivity index is 2.80. The number of fused-ring (bicyclic) bond motifs is 1. The second-order valence-electron chi connectivity index (χ2n) is 4.75. The second-order valence-corrected chi connectivity index (χ2v) is 4.75. The van der Waals surface area contributed by atoms with Crippen molar-refractivity contribution < 1.29 is 9.84 Å². The summed E-state index contributed by atoms with van der Waals surface area (Å²) in [6.07, 6.45) is 0. The van der Waals surface area contributed by atoms with E-state index in [0.717, 1.165) is 27.9 Å². The number of methoxy groups -OCH3 is 1. The molecule has 0 aliphatic rings. The van der Waals surface area contributed by atoms with Crippen molar-refractivity contribution in [3.63, 3.8) is 0 Å². The van der Waals surface area contributed by atoms with E-state index in [1.165, 1.54) is 0 Å². The zero-order valence-corrected chi connectivity index (χ0v) is 10.6. The van der Waals surface area contributed by atoms with Gasteiger partial charge in [-0.2, -0.15) is 0 Å². The number of aliphatic hydroxyl groups is 1. The Labute approximate surface area is 101 Å². The number of benzene rings is 1. The molecule has 17 heavy (non-hydrogen) atoms. The number of pyridine rings is 1. The van der Waals surface area contributed by atoms with Crippen LogP contribution in [0.25, 0.3) is 10.9 Å². The summed E-state index contributed by atoms with van der Waals surface area (Å²) in [5.74, 6) is 0.772. The van der Waals surface area contributed by atoms with Crippen LogP contribution in [0.15, 0.2) is 24.3 Å². The first-order valence-electron chi connectivity index (χ1n) is 5.60. The minimum atomic E-state index is -0.891. The van der Waals surface area contributed by atoms with Gasteiger partial charge >= 0.3 is 0 Å². The molecule has 3 heteroatoms.